The summed E-state index contributed by atoms with van der Waals surface area (Å²) in [7, 11) is 1.55. The van der Waals surface area contributed by atoms with Gasteiger partial charge in [-0.3, -0.25) is 4.79 Å². The van der Waals surface area contributed by atoms with Gasteiger partial charge in [0.1, 0.15) is 11.6 Å². The number of hydrogen-bond acceptors (Lipinski definition) is 4. The first-order valence-corrected chi connectivity index (χ1v) is 7.13. The van der Waals surface area contributed by atoms with Gasteiger partial charge in [0.15, 0.2) is 0 Å². The molecule has 0 aliphatic carbocycles. The fourth-order valence-corrected chi connectivity index (χ4v) is 1.92. The zero-order chi connectivity index (χ0) is 16.6. The van der Waals surface area contributed by atoms with Crippen molar-refractivity contribution >= 4 is 11.6 Å². The monoisotopic (exact) mass is 301 g/mol. The number of nitrogens with zero attached hydrogens (tertiary/aromatic N) is 1. The van der Waals surface area contributed by atoms with Crippen LogP contribution in [0.15, 0.2) is 36.0 Å². The van der Waals surface area contributed by atoms with E-state index in [9.17, 15) is 4.79 Å². The van der Waals surface area contributed by atoms with Crippen molar-refractivity contribution in [1.29, 1.82) is 5.26 Å². The van der Waals surface area contributed by atoms with E-state index >= 15 is 0 Å². The van der Waals surface area contributed by atoms with Crippen LogP contribution in [-0.4, -0.2) is 26.2 Å². The lowest BCUT2D eigenvalue weighted by Gasteiger charge is -2.22. The minimum Gasteiger partial charge on any atom is -0.383 e. The molecule has 0 saturated heterocycles. The number of para-hydroxylation sites is 1. The molecule has 5 heteroatoms. The van der Waals surface area contributed by atoms with Crippen LogP contribution in [0, 0.1) is 11.3 Å². The summed E-state index contributed by atoms with van der Waals surface area (Å²) in [4.78, 5) is 11.9. The second kappa shape index (κ2) is 8.20. The van der Waals surface area contributed by atoms with Crippen molar-refractivity contribution in [2.45, 2.75) is 26.2 Å². The van der Waals surface area contributed by atoms with E-state index in [-0.39, 0.29) is 11.0 Å². The quantitative estimate of drug-likeness (QED) is 0.481. The zero-order valence-corrected chi connectivity index (χ0v) is 13.6. The van der Waals surface area contributed by atoms with Crippen LogP contribution in [0.3, 0.4) is 0 Å². The summed E-state index contributed by atoms with van der Waals surface area (Å²) in [6.07, 6.45) is 1.44. The van der Waals surface area contributed by atoms with Crippen molar-refractivity contribution < 1.29 is 9.53 Å². The molecule has 0 radical (unpaired) electrons. The molecule has 22 heavy (non-hydrogen) atoms. The van der Waals surface area contributed by atoms with Crippen molar-refractivity contribution in [2.24, 2.45) is 0 Å². The summed E-state index contributed by atoms with van der Waals surface area (Å²) < 4.78 is 4.86. The lowest BCUT2D eigenvalue weighted by Crippen LogP contribution is -2.28. The number of ether oxygens (including phenoxy) is 1. The van der Waals surface area contributed by atoms with E-state index < -0.39 is 5.91 Å². The molecule has 1 amide bonds. The Labute approximate surface area is 132 Å². The number of amides is 1. The third-order valence-corrected chi connectivity index (χ3v) is 3.06. The molecule has 0 bridgehead atoms. The maximum absolute atomic E-state index is 11.9. The lowest BCUT2D eigenvalue weighted by atomic mass is 9.86. The number of benzene rings is 1. The van der Waals surface area contributed by atoms with E-state index in [0.29, 0.717) is 13.2 Å². The fourth-order valence-electron chi connectivity index (χ4n) is 1.92. The molecular formula is C17H23N3O2. The van der Waals surface area contributed by atoms with Crippen molar-refractivity contribution in [3.63, 3.8) is 0 Å². The molecular weight excluding hydrogens is 278 g/mol. The van der Waals surface area contributed by atoms with E-state index in [0.717, 1.165) is 11.3 Å². The number of carbonyl (C=O) groups is 1. The summed E-state index contributed by atoms with van der Waals surface area (Å²) in [6.45, 7) is 7.11. The number of carbonyl (C=O) groups excluding carboxylic acids is 1. The Morgan fingerprint density at radius 1 is 1.36 bits per heavy atom. The first-order chi connectivity index (χ1) is 10.4. The van der Waals surface area contributed by atoms with Crippen molar-refractivity contribution in [1.82, 2.24) is 5.32 Å². The molecule has 0 saturated carbocycles. The summed E-state index contributed by atoms with van der Waals surface area (Å²) in [6, 6.07) is 9.74. The van der Waals surface area contributed by atoms with Crippen LogP contribution in [0.5, 0.6) is 0 Å². The molecule has 0 unspecified atom stereocenters. The summed E-state index contributed by atoms with van der Waals surface area (Å²) in [5, 5.41) is 14.8. The molecule has 0 aliphatic rings. The van der Waals surface area contributed by atoms with Crippen LogP contribution in [-0.2, 0) is 14.9 Å². The smallest absolute Gasteiger partial charge is 0.263 e. The van der Waals surface area contributed by atoms with Gasteiger partial charge in [0.25, 0.3) is 5.91 Å². The molecule has 1 aromatic carbocycles. The van der Waals surface area contributed by atoms with E-state index in [1.54, 1.807) is 7.11 Å². The number of methoxy groups -OCH3 is 1. The minimum absolute atomic E-state index is 0.0276. The molecule has 0 aliphatic heterocycles. The molecule has 0 atom stereocenters. The predicted molar refractivity (Wildman–Crippen MR) is 87.3 cm³/mol. The molecule has 118 valence electrons. The summed E-state index contributed by atoms with van der Waals surface area (Å²) in [5.41, 5.74) is 1.99. The van der Waals surface area contributed by atoms with E-state index in [4.69, 9.17) is 10.00 Å². The van der Waals surface area contributed by atoms with Crippen molar-refractivity contribution in [3.05, 3.63) is 41.6 Å². The van der Waals surface area contributed by atoms with Gasteiger partial charge >= 0.3 is 0 Å². The Morgan fingerprint density at radius 2 is 2.05 bits per heavy atom. The van der Waals surface area contributed by atoms with E-state index in [2.05, 4.69) is 31.4 Å². The first kappa shape index (κ1) is 17.7. The van der Waals surface area contributed by atoms with Gasteiger partial charge in [0, 0.05) is 25.5 Å². The topological polar surface area (TPSA) is 74.1 Å². The Balaban J connectivity index is 2.86. The maximum atomic E-state index is 11.9. The summed E-state index contributed by atoms with van der Waals surface area (Å²) in [5.74, 6) is -0.416. The summed E-state index contributed by atoms with van der Waals surface area (Å²) >= 11 is 0. The number of rotatable bonds is 6. The Kier molecular flexibility index (Phi) is 6.61. The average Bonchev–Trinajstić information content (AvgIpc) is 2.47. The highest BCUT2D eigenvalue weighted by Crippen LogP contribution is 2.29. The molecule has 1 aromatic rings. The van der Waals surface area contributed by atoms with E-state index in [1.165, 1.54) is 6.20 Å². The van der Waals surface area contributed by atoms with Gasteiger partial charge in [0.05, 0.1) is 6.61 Å². The van der Waals surface area contributed by atoms with Crippen molar-refractivity contribution in [3.8, 4) is 6.07 Å². The van der Waals surface area contributed by atoms with Gasteiger partial charge in [-0.05, 0) is 17.0 Å². The molecule has 0 heterocycles. The van der Waals surface area contributed by atoms with Gasteiger partial charge < -0.3 is 15.4 Å². The average molecular weight is 301 g/mol. The SMILES string of the molecule is COCCNC(=O)/C(C#N)=C\Nc1ccccc1C(C)(C)C. The van der Waals surface area contributed by atoms with Gasteiger partial charge in [0.2, 0.25) is 0 Å². The Bertz CT molecular complexity index is 580. The Morgan fingerprint density at radius 3 is 2.64 bits per heavy atom. The predicted octanol–water partition coefficient (Wildman–Crippen LogP) is 2.57. The number of nitriles is 1. The van der Waals surface area contributed by atoms with Crippen LogP contribution >= 0.6 is 0 Å². The van der Waals surface area contributed by atoms with E-state index in [1.807, 2.05) is 30.3 Å². The largest absolute Gasteiger partial charge is 0.383 e. The van der Waals surface area contributed by atoms with Crippen molar-refractivity contribution in [2.75, 3.05) is 25.6 Å². The molecule has 0 spiro atoms. The first-order valence-electron chi connectivity index (χ1n) is 7.13. The second-order valence-corrected chi connectivity index (χ2v) is 5.86. The van der Waals surface area contributed by atoms with Crippen LogP contribution in [0.4, 0.5) is 5.69 Å². The van der Waals surface area contributed by atoms with Crippen LogP contribution in [0.2, 0.25) is 0 Å². The van der Waals surface area contributed by atoms with Gasteiger partial charge in [-0.2, -0.15) is 5.26 Å². The maximum Gasteiger partial charge on any atom is 0.263 e. The normalized spacial score (nSPS) is 11.7. The lowest BCUT2D eigenvalue weighted by molar-refractivity contribution is -0.117. The standard InChI is InChI=1S/C17H23N3O2/c1-17(2,3)14-7-5-6-8-15(14)20-12-13(11-18)16(21)19-9-10-22-4/h5-8,12,20H,9-10H2,1-4H3,(H,19,21)/b13-12-. The second-order valence-electron chi connectivity index (χ2n) is 5.86. The highest BCUT2D eigenvalue weighted by atomic mass is 16.5. The number of nitrogens with one attached hydrogen (secondary N) is 2. The Hall–Kier alpha value is -2.32. The van der Waals surface area contributed by atoms with Gasteiger partial charge in [-0.1, -0.05) is 39.0 Å². The molecule has 2 N–H and O–H groups in total. The molecule has 1 rings (SSSR count). The third kappa shape index (κ3) is 5.23. The van der Waals surface area contributed by atoms with Gasteiger partial charge in [-0.25, -0.2) is 0 Å². The third-order valence-electron chi connectivity index (χ3n) is 3.06. The minimum atomic E-state index is -0.416. The fraction of sp³-hybridized carbons (Fsp3) is 0.412. The molecule has 0 aromatic heterocycles. The number of hydrogen-bond donors (Lipinski definition) is 2. The highest BCUT2D eigenvalue weighted by Gasteiger charge is 2.17. The number of anilines is 1. The highest BCUT2D eigenvalue weighted by molar-refractivity contribution is 5.97. The van der Waals surface area contributed by atoms with Crippen LogP contribution in [0.1, 0.15) is 26.3 Å². The molecule has 0 fully saturated rings. The zero-order valence-electron chi connectivity index (χ0n) is 13.6. The van der Waals surface area contributed by atoms with Crippen LogP contribution in [0.25, 0.3) is 0 Å². The van der Waals surface area contributed by atoms with Gasteiger partial charge in [-0.15, -0.1) is 0 Å². The molecule has 5 nitrogen and oxygen atoms in total. The van der Waals surface area contributed by atoms with Crippen LogP contribution < -0.4 is 10.6 Å².